The normalized spacial score (nSPS) is 15.6. The number of methoxy groups -OCH3 is 2. The summed E-state index contributed by atoms with van der Waals surface area (Å²) in [5.74, 6) is 2.46. The van der Waals surface area contributed by atoms with E-state index < -0.39 is 0 Å². The molecule has 0 aliphatic carbocycles. The van der Waals surface area contributed by atoms with E-state index in [2.05, 4.69) is 14.9 Å². The molecule has 3 rings (SSSR count). The summed E-state index contributed by atoms with van der Waals surface area (Å²) in [6, 6.07) is 3.68. The van der Waals surface area contributed by atoms with Crippen molar-refractivity contribution in [3.8, 4) is 11.5 Å². The van der Waals surface area contributed by atoms with Crippen LogP contribution < -0.4 is 20.1 Å². The number of benzene rings is 1. The Morgan fingerprint density at radius 2 is 1.59 bits per heavy atom. The lowest BCUT2D eigenvalue weighted by Crippen LogP contribution is -2.26. The summed E-state index contributed by atoms with van der Waals surface area (Å²) in [4.78, 5) is 11.4. The van der Waals surface area contributed by atoms with Crippen molar-refractivity contribution < 1.29 is 9.47 Å². The van der Waals surface area contributed by atoms with E-state index in [1.807, 2.05) is 12.1 Å². The third-order valence-corrected chi connectivity index (χ3v) is 4.11. The summed E-state index contributed by atoms with van der Waals surface area (Å²) < 4.78 is 10.7. The number of anilines is 2. The summed E-state index contributed by atoms with van der Waals surface area (Å²) in [7, 11) is 3.22. The van der Waals surface area contributed by atoms with Crippen molar-refractivity contribution in [1.29, 1.82) is 0 Å². The molecule has 22 heavy (non-hydrogen) atoms. The Bertz CT molecular complexity index is 667. The standard InChI is InChI=1S/C16H22N4O2/c1-21-13-9-11-12(10-14(13)22-2)18-16(19-15(11)17)20-7-5-3-4-6-8-20/h9-10H,3-8H2,1-2H3,(H2,17,18,19). The maximum absolute atomic E-state index is 6.14. The minimum absolute atomic E-state index is 0.477. The molecule has 2 N–H and O–H groups in total. The quantitative estimate of drug-likeness (QED) is 0.939. The monoisotopic (exact) mass is 302 g/mol. The Kier molecular flexibility index (Phi) is 4.18. The number of rotatable bonds is 3. The SMILES string of the molecule is COc1cc2nc(N3CCCCCC3)nc(N)c2cc1OC. The van der Waals surface area contributed by atoms with E-state index in [9.17, 15) is 0 Å². The largest absolute Gasteiger partial charge is 0.493 e. The van der Waals surface area contributed by atoms with Gasteiger partial charge in [0, 0.05) is 24.5 Å². The van der Waals surface area contributed by atoms with E-state index in [0.29, 0.717) is 23.3 Å². The minimum atomic E-state index is 0.477. The van der Waals surface area contributed by atoms with Gasteiger partial charge in [0.25, 0.3) is 0 Å². The third-order valence-electron chi connectivity index (χ3n) is 4.11. The number of hydrogen-bond donors (Lipinski definition) is 1. The highest BCUT2D eigenvalue weighted by atomic mass is 16.5. The second-order valence-corrected chi connectivity index (χ2v) is 5.53. The molecule has 6 nitrogen and oxygen atoms in total. The minimum Gasteiger partial charge on any atom is -0.493 e. The molecule has 0 unspecified atom stereocenters. The van der Waals surface area contributed by atoms with Gasteiger partial charge in [0.15, 0.2) is 11.5 Å². The lowest BCUT2D eigenvalue weighted by molar-refractivity contribution is 0.356. The fourth-order valence-corrected chi connectivity index (χ4v) is 2.88. The molecular formula is C16H22N4O2. The van der Waals surface area contributed by atoms with Gasteiger partial charge < -0.3 is 20.1 Å². The van der Waals surface area contributed by atoms with Gasteiger partial charge in [-0.15, -0.1) is 0 Å². The summed E-state index contributed by atoms with van der Waals surface area (Å²) in [6.07, 6.45) is 4.88. The van der Waals surface area contributed by atoms with Crippen LogP contribution in [0.2, 0.25) is 0 Å². The maximum atomic E-state index is 6.14. The van der Waals surface area contributed by atoms with Gasteiger partial charge in [-0.1, -0.05) is 12.8 Å². The first-order valence-electron chi connectivity index (χ1n) is 7.67. The molecule has 0 radical (unpaired) electrons. The van der Waals surface area contributed by atoms with E-state index >= 15 is 0 Å². The molecule has 0 saturated carbocycles. The summed E-state index contributed by atoms with van der Waals surface area (Å²) in [5.41, 5.74) is 6.93. The van der Waals surface area contributed by atoms with Gasteiger partial charge >= 0.3 is 0 Å². The van der Waals surface area contributed by atoms with Gasteiger partial charge in [0.05, 0.1) is 19.7 Å². The van der Waals surface area contributed by atoms with Gasteiger partial charge in [-0.25, -0.2) is 4.98 Å². The van der Waals surface area contributed by atoms with Crippen LogP contribution in [0, 0.1) is 0 Å². The van der Waals surface area contributed by atoms with Crippen LogP contribution in [0.15, 0.2) is 12.1 Å². The number of hydrogen-bond acceptors (Lipinski definition) is 6. The summed E-state index contributed by atoms with van der Waals surface area (Å²) in [6.45, 7) is 1.97. The Balaban J connectivity index is 2.06. The predicted molar refractivity (Wildman–Crippen MR) is 87.7 cm³/mol. The molecule has 118 valence electrons. The molecule has 0 amide bonds. The molecule has 6 heteroatoms. The molecule has 1 aliphatic heterocycles. The maximum Gasteiger partial charge on any atom is 0.227 e. The number of nitrogens with two attached hydrogens (primary N) is 1. The molecule has 2 heterocycles. The van der Waals surface area contributed by atoms with Crippen LogP contribution in [-0.4, -0.2) is 37.3 Å². The first kappa shape index (κ1) is 14.7. The fourth-order valence-electron chi connectivity index (χ4n) is 2.88. The lowest BCUT2D eigenvalue weighted by atomic mass is 10.2. The zero-order valence-corrected chi connectivity index (χ0v) is 13.1. The van der Waals surface area contributed by atoms with Gasteiger partial charge in [-0.3, -0.25) is 0 Å². The Morgan fingerprint density at radius 1 is 0.955 bits per heavy atom. The van der Waals surface area contributed by atoms with Gasteiger partial charge in [0.1, 0.15) is 5.82 Å². The number of fused-ring (bicyclic) bond motifs is 1. The Labute approximate surface area is 130 Å². The number of nitrogens with zero attached hydrogens (tertiary/aromatic N) is 3. The molecule has 0 bridgehead atoms. The molecule has 2 aromatic rings. The smallest absolute Gasteiger partial charge is 0.227 e. The van der Waals surface area contributed by atoms with Gasteiger partial charge in [-0.2, -0.15) is 4.98 Å². The van der Waals surface area contributed by atoms with Crippen LogP contribution >= 0.6 is 0 Å². The first-order chi connectivity index (χ1) is 10.7. The van der Waals surface area contributed by atoms with Crippen molar-refractivity contribution in [2.24, 2.45) is 0 Å². The van der Waals surface area contributed by atoms with Crippen molar-refractivity contribution in [3.63, 3.8) is 0 Å². The Morgan fingerprint density at radius 3 is 2.23 bits per heavy atom. The highest BCUT2D eigenvalue weighted by molar-refractivity contribution is 5.91. The highest BCUT2D eigenvalue weighted by Gasteiger charge is 2.16. The van der Waals surface area contributed by atoms with E-state index in [1.54, 1.807) is 14.2 Å². The van der Waals surface area contributed by atoms with Gasteiger partial charge in [-0.05, 0) is 18.9 Å². The molecule has 0 spiro atoms. The van der Waals surface area contributed by atoms with Crippen molar-refractivity contribution in [2.75, 3.05) is 37.9 Å². The number of ether oxygens (including phenoxy) is 2. The van der Waals surface area contributed by atoms with E-state index in [4.69, 9.17) is 15.2 Å². The van der Waals surface area contributed by atoms with Crippen molar-refractivity contribution in [3.05, 3.63) is 12.1 Å². The van der Waals surface area contributed by atoms with Crippen LogP contribution in [0.1, 0.15) is 25.7 Å². The van der Waals surface area contributed by atoms with E-state index in [0.717, 1.165) is 24.0 Å². The molecule has 1 saturated heterocycles. The fraction of sp³-hybridized carbons (Fsp3) is 0.500. The molecular weight excluding hydrogens is 280 g/mol. The van der Waals surface area contributed by atoms with Crippen LogP contribution in [0.5, 0.6) is 11.5 Å². The van der Waals surface area contributed by atoms with Crippen molar-refractivity contribution in [1.82, 2.24) is 9.97 Å². The Hall–Kier alpha value is -2.24. The predicted octanol–water partition coefficient (Wildman–Crippen LogP) is 2.61. The average Bonchev–Trinajstić information content (AvgIpc) is 2.82. The van der Waals surface area contributed by atoms with Crippen molar-refractivity contribution >= 4 is 22.7 Å². The van der Waals surface area contributed by atoms with Crippen molar-refractivity contribution in [2.45, 2.75) is 25.7 Å². The van der Waals surface area contributed by atoms with E-state index in [-0.39, 0.29) is 0 Å². The molecule has 0 atom stereocenters. The zero-order valence-electron chi connectivity index (χ0n) is 13.1. The number of aromatic nitrogens is 2. The highest BCUT2D eigenvalue weighted by Crippen LogP contribution is 2.34. The topological polar surface area (TPSA) is 73.5 Å². The molecule has 1 aliphatic rings. The summed E-state index contributed by atoms with van der Waals surface area (Å²) in [5, 5.41) is 0.788. The number of nitrogen functional groups attached to an aromatic ring is 1. The second kappa shape index (κ2) is 6.25. The lowest BCUT2D eigenvalue weighted by Gasteiger charge is -2.21. The van der Waals surface area contributed by atoms with Gasteiger partial charge in [0.2, 0.25) is 5.95 Å². The summed E-state index contributed by atoms with van der Waals surface area (Å²) >= 11 is 0. The van der Waals surface area contributed by atoms with E-state index in [1.165, 1.54) is 25.7 Å². The van der Waals surface area contributed by atoms with Crippen LogP contribution in [-0.2, 0) is 0 Å². The molecule has 1 fully saturated rings. The third kappa shape index (κ3) is 2.73. The molecule has 1 aromatic carbocycles. The second-order valence-electron chi connectivity index (χ2n) is 5.53. The van der Waals surface area contributed by atoms with Crippen LogP contribution in [0.3, 0.4) is 0 Å². The average molecular weight is 302 g/mol. The molecule has 1 aromatic heterocycles. The van der Waals surface area contributed by atoms with Crippen LogP contribution in [0.25, 0.3) is 10.9 Å². The zero-order chi connectivity index (χ0) is 15.5. The first-order valence-corrected chi connectivity index (χ1v) is 7.67. The van der Waals surface area contributed by atoms with Crippen LogP contribution in [0.4, 0.5) is 11.8 Å².